The van der Waals surface area contributed by atoms with Gasteiger partial charge in [0.25, 0.3) is 0 Å². The van der Waals surface area contributed by atoms with Crippen LogP contribution < -0.4 is 10.2 Å². The van der Waals surface area contributed by atoms with Crippen molar-refractivity contribution in [3.8, 4) is 0 Å². The number of aromatic nitrogens is 1. The quantitative estimate of drug-likeness (QED) is 0.932. The zero-order valence-electron chi connectivity index (χ0n) is 13.1. The van der Waals surface area contributed by atoms with Crippen molar-refractivity contribution in [2.45, 2.75) is 26.7 Å². The van der Waals surface area contributed by atoms with E-state index < -0.39 is 0 Å². The fourth-order valence-corrected chi connectivity index (χ4v) is 3.27. The number of benzene rings is 1. The SMILES string of the molecule is CCNCC1CCN(c2cc(C)nc3ccccc23)CC1. The number of pyridine rings is 1. The number of anilines is 1. The molecule has 0 saturated carbocycles. The van der Waals surface area contributed by atoms with Gasteiger partial charge < -0.3 is 10.2 Å². The Hall–Kier alpha value is -1.61. The van der Waals surface area contributed by atoms with Crippen molar-refractivity contribution < 1.29 is 0 Å². The summed E-state index contributed by atoms with van der Waals surface area (Å²) in [7, 11) is 0. The number of nitrogens with one attached hydrogen (secondary N) is 1. The molecule has 1 saturated heterocycles. The van der Waals surface area contributed by atoms with Gasteiger partial charge in [-0.05, 0) is 50.9 Å². The molecule has 0 amide bonds. The highest BCUT2D eigenvalue weighted by Crippen LogP contribution is 2.30. The van der Waals surface area contributed by atoms with Gasteiger partial charge >= 0.3 is 0 Å². The first kappa shape index (κ1) is 14.3. The minimum atomic E-state index is 0.829. The van der Waals surface area contributed by atoms with E-state index in [0.29, 0.717) is 0 Å². The van der Waals surface area contributed by atoms with Crippen LogP contribution in [-0.4, -0.2) is 31.2 Å². The first-order valence-electron chi connectivity index (χ1n) is 8.10. The second kappa shape index (κ2) is 6.44. The second-order valence-corrected chi connectivity index (χ2v) is 6.04. The summed E-state index contributed by atoms with van der Waals surface area (Å²) in [5.74, 6) is 0.829. The minimum absolute atomic E-state index is 0.829. The van der Waals surface area contributed by atoms with Crippen molar-refractivity contribution >= 4 is 16.6 Å². The number of nitrogens with zero attached hydrogens (tertiary/aromatic N) is 2. The summed E-state index contributed by atoms with van der Waals surface area (Å²) in [5, 5.41) is 4.77. The zero-order valence-corrected chi connectivity index (χ0v) is 13.1. The third-order valence-electron chi connectivity index (χ3n) is 4.46. The van der Waals surface area contributed by atoms with Gasteiger partial charge in [-0.1, -0.05) is 25.1 Å². The number of hydrogen-bond acceptors (Lipinski definition) is 3. The number of para-hydroxylation sites is 1. The molecular formula is C18H25N3. The molecule has 2 aromatic rings. The fraction of sp³-hybridized carbons (Fsp3) is 0.500. The average molecular weight is 283 g/mol. The van der Waals surface area contributed by atoms with Crippen LogP contribution >= 0.6 is 0 Å². The summed E-state index contributed by atoms with van der Waals surface area (Å²) in [6, 6.07) is 10.7. The lowest BCUT2D eigenvalue weighted by Crippen LogP contribution is -2.37. The van der Waals surface area contributed by atoms with Crippen LogP contribution in [0.15, 0.2) is 30.3 Å². The highest BCUT2D eigenvalue weighted by Gasteiger charge is 2.20. The van der Waals surface area contributed by atoms with Crippen LogP contribution in [0.4, 0.5) is 5.69 Å². The molecule has 0 radical (unpaired) electrons. The molecule has 1 aromatic heterocycles. The van der Waals surface area contributed by atoms with Crippen molar-refractivity contribution in [3.63, 3.8) is 0 Å². The largest absolute Gasteiger partial charge is 0.371 e. The van der Waals surface area contributed by atoms with E-state index >= 15 is 0 Å². The first-order chi connectivity index (χ1) is 10.3. The molecule has 112 valence electrons. The summed E-state index contributed by atoms with van der Waals surface area (Å²) in [6.07, 6.45) is 2.56. The summed E-state index contributed by atoms with van der Waals surface area (Å²) in [6.45, 7) is 8.83. The van der Waals surface area contributed by atoms with E-state index in [1.165, 1.54) is 30.5 Å². The van der Waals surface area contributed by atoms with Gasteiger partial charge in [-0.3, -0.25) is 4.98 Å². The Labute approximate surface area is 127 Å². The van der Waals surface area contributed by atoms with E-state index in [1.54, 1.807) is 0 Å². The van der Waals surface area contributed by atoms with Crippen LogP contribution in [0.3, 0.4) is 0 Å². The Kier molecular flexibility index (Phi) is 4.39. The van der Waals surface area contributed by atoms with Gasteiger partial charge in [-0.15, -0.1) is 0 Å². The van der Waals surface area contributed by atoms with E-state index in [-0.39, 0.29) is 0 Å². The lowest BCUT2D eigenvalue weighted by molar-refractivity contribution is 0.387. The topological polar surface area (TPSA) is 28.2 Å². The molecule has 21 heavy (non-hydrogen) atoms. The summed E-state index contributed by atoms with van der Waals surface area (Å²) in [4.78, 5) is 7.19. The zero-order chi connectivity index (χ0) is 14.7. The van der Waals surface area contributed by atoms with E-state index in [2.05, 4.69) is 59.4 Å². The van der Waals surface area contributed by atoms with E-state index in [9.17, 15) is 0 Å². The van der Waals surface area contributed by atoms with Crippen LogP contribution in [0, 0.1) is 12.8 Å². The molecule has 3 rings (SSSR count). The Morgan fingerprint density at radius 2 is 2.00 bits per heavy atom. The molecule has 0 spiro atoms. The van der Waals surface area contributed by atoms with E-state index in [4.69, 9.17) is 0 Å². The van der Waals surface area contributed by atoms with Gasteiger partial charge in [0.2, 0.25) is 0 Å². The first-order valence-corrected chi connectivity index (χ1v) is 8.10. The highest BCUT2D eigenvalue weighted by atomic mass is 15.1. The maximum absolute atomic E-state index is 4.65. The van der Waals surface area contributed by atoms with Crippen LogP contribution in [0.1, 0.15) is 25.5 Å². The van der Waals surface area contributed by atoms with Crippen molar-refractivity contribution in [2.75, 3.05) is 31.1 Å². The van der Waals surface area contributed by atoms with Gasteiger partial charge in [0.1, 0.15) is 0 Å². The predicted octanol–water partition coefficient (Wildman–Crippen LogP) is 3.37. The molecule has 3 nitrogen and oxygen atoms in total. The van der Waals surface area contributed by atoms with Crippen molar-refractivity contribution in [3.05, 3.63) is 36.0 Å². The summed E-state index contributed by atoms with van der Waals surface area (Å²) >= 11 is 0. The second-order valence-electron chi connectivity index (χ2n) is 6.04. The molecule has 1 aliphatic heterocycles. The van der Waals surface area contributed by atoms with Gasteiger partial charge in [0, 0.05) is 29.9 Å². The van der Waals surface area contributed by atoms with Crippen molar-refractivity contribution in [1.29, 1.82) is 0 Å². The molecule has 0 unspecified atom stereocenters. The number of aryl methyl sites for hydroxylation is 1. The van der Waals surface area contributed by atoms with Gasteiger partial charge in [-0.2, -0.15) is 0 Å². The van der Waals surface area contributed by atoms with E-state index in [0.717, 1.165) is 36.8 Å². The molecule has 1 N–H and O–H groups in total. The molecule has 0 bridgehead atoms. The lowest BCUT2D eigenvalue weighted by Gasteiger charge is -2.34. The Morgan fingerprint density at radius 1 is 1.24 bits per heavy atom. The predicted molar refractivity (Wildman–Crippen MR) is 90.0 cm³/mol. The molecule has 0 atom stereocenters. The van der Waals surface area contributed by atoms with Crippen molar-refractivity contribution in [2.24, 2.45) is 5.92 Å². The maximum Gasteiger partial charge on any atom is 0.0726 e. The Bertz CT molecular complexity index is 600. The fourth-order valence-electron chi connectivity index (χ4n) is 3.27. The minimum Gasteiger partial charge on any atom is -0.371 e. The van der Waals surface area contributed by atoms with Gasteiger partial charge in [0.05, 0.1) is 5.52 Å². The standard InChI is InChI=1S/C18H25N3/c1-3-19-13-15-8-10-21(11-9-15)18-12-14(2)20-17-7-5-4-6-16(17)18/h4-7,12,15,19H,3,8-11,13H2,1-2H3. The molecule has 1 aliphatic rings. The van der Waals surface area contributed by atoms with E-state index in [1.807, 2.05) is 0 Å². The maximum atomic E-state index is 4.65. The third kappa shape index (κ3) is 3.18. The number of fused-ring (bicyclic) bond motifs is 1. The molecule has 1 fully saturated rings. The number of hydrogen-bond donors (Lipinski definition) is 1. The summed E-state index contributed by atoms with van der Waals surface area (Å²) < 4.78 is 0. The Balaban J connectivity index is 1.79. The molecule has 3 heteroatoms. The monoisotopic (exact) mass is 283 g/mol. The van der Waals surface area contributed by atoms with Gasteiger partial charge in [0.15, 0.2) is 0 Å². The normalized spacial score (nSPS) is 16.6. The van der Waals surface area contributed by atoms with Crippen LogP contribution in [0.5, 0.6) is 0 Å². The number of piperidine rings is 1. The third-order valence-corrected chi connectivity index (χ3v) is 4.46. The van der Waals surface area contributed by atoms with Crippen LogP contribution in [-0.2, 0) is 0 Å². The number of rotatable bonds is 4. The average Bonchev–Trinajstić information content (AvgIpc) is 2.52. The van der Waals surface area contributed by atoms with Crippen LogP contribution in [0.25, 0.3) is 10.9 Å². The summed E-state index contributed by atoms with van der Waals surface area (Å²) in [5.41, 5.74) is 3.58. The molecular weight excluding hydrogens is 258 g/mol. The van der Waals surface area contributed by atoms with Crippen molar-refractivity contribution in [1.82, 2.24) is 10.3 Å². The molecule has 1 aromatic carbocycles. The molecule has 2 heterocycles. The van der Waals surface area contributed by atoms with Gasteiger partial charge in [-0.25, -0.2) is 0 Å². The smallest absolute Gasteiger partial charge is 0.0726 e. The van der Waals surface area contributed by atoms with Crippen LogP contribution in [0.2, 0.25) is 0 Å². The highest BCUT2D eigenvalue weighted by molar-refractivity contribution is 5.92. The molecule has 0 aliphatic carbocycles. The Morgan fingerprint density at radius 3 is 2.76 bits per heavy atom. The lowest BCUT2D eigenvalue weighted by atomic mass is 9.96.